The molecular weight excluding hydrogens is 384 g/mol. The van der Waals surface area contributed by atoms with Gasteiger partial charge < -0.3 is 10.6 Å². The Morgan fingerprint density at radius 3 is 2.14 bits per heavy atom. The van der Waals surface area contributed by atoms with E-state index in [-0.39, 0.29) is 23.4 Å². The van der Waals surface area contributed by atoms with Crippen molar-refractivity contribution in [2.75, 3.05) is 18.1 Å². The van der Waals surface area contributed by atoms with Gasteiger partial charge >= 0.3 is 0 Å². The number of hydrogen-bond donors (Lipinski definition) is 2. The lowest BCUT2D eigenvalue weighted by atomic mass is 9.92. The zero-order chi connectivity index (χ0) is 21.6. The predicted octanol–water partition coefficient (Wildman–Crippen LogP) is 3.50. The Hall–Kier alpha value is -2.18. The van der Waals surface area contributed by atoms with Gasteiger partial charge in [0.15, 0.2) is 16.4 Å². The summed E-state index contributed by atoms with van der Waals surface area (Å²) in [7, 11) is -3.41. The molecule has 0 saturated carbocycles. The number of benzene rings is 2. The van der Waals surface area contributed by atoms with Crippen molar-refractivity contribution in [1.29, 1.82) is 0 Å². The highest BCUT2D eigenvalue weighted by atomic mass is 32.2. The third-order valence-corrected chi connectivity index (χ3v) is 6.49. The maximum absolute atomic E-state index is 12.5. The van der Waals surface area contributed by atoms with E-state index in [4.69, 9.17) is 0 Å². The zero-order valence-corrected chi connectivity index (χ0v) is 18.8. The number of quaternary nitrogens is 1. The molecule has 0 unspecified atom stereocenters. The van der Waals surface area contributed by atoms with Crippen molar-refractivity contribution in [3.63, 3.8) is 0 Å². The van der Waals surface area contributed by atoms with Crippen LogP contribution in [0.25, 0.3) is 0 Å². The molecule has 0 saturated heterocycles. The van der Waals surface area contributed by atoms with E-state index >= 15 is 0 Å². The highest BCUT2D eigenvalue weighted by Gasteiger charge is 2.22. The average molecular weight is 418 g/mol. The Kier molecular flexibility index (Phi) is 7.99. The van der Waals surface area contributed by atoms with Crippen molar-refractivity contribution in [3.8, 4) is 0 Å². The second-order valence-corrected chi connectivity index (χ2v) is 9.99. The van der Waals surface area contributed by atoms with Crippen LogP contribution in [0.4, 0.5) is 5.69 Å². The molecule has 2 atom stereocenters. The van der Waals surface area contributed by atoms with Crippen LogP contribution in [0.2, 0.25) is 0 Å². The molecule has 0 heterocycles. The largest absolute Gasteiger partial charge is 0.332 e. The quantitative estimate of drug-likeness (QED) is 0.655. The topological polar surface area (TPSA) is 79.8 Å². The maximum Gasteiger partial charge on any atom is 0.279 e. The number of nitrogens with one attached hydrogen (secondary N) is 1. The fraction of sp³-hybridized carbons (Fsp3) is 0.435. The summed E-state index contributed by atoms with van der Waals surface area (Å²) < 4.78 is 23.8. The van der Waals surface area contributed by atoms with Gasteiger partial charge in [-0.15, -0.1) is 0 Å². The second-order valence-electron chi connectivity index (χ2n) is 8.00. The molecule has 0 aliphatic carbocycles. The molecule has 2 aromatic rings. The number of carbonyl (C=O) groups is 1. The standard InChI is InChI=1S/C23H32N2O3S/c1-6-17(4)18-11-13-19(14-12-18)23(16(2)3)24-15-22(26)25-20-9-7-8-10-21(20)29(5,27)28/h7-14,16-17,23-24H,6,15H2,1-5H3,(H,25,26)/p+1/t17-,23-/m1/s1. The minimum atomic E-state index is -3.41. The van der Waals surface area contributed by atoms with Crippen LogP contribution in [-0.2, 0) is 14.6 Å². The summed E-state index contributed by atoms with van der Waals surface area (Å²) in [6.07, 6.45) is 2.25. The van der Waals surface area contributed by atoms with E-state index in [0.717, 1.165) is 12.7 Å². The van der Waals surface area contributed by atoms with Gasteiger partial charge in [0, 0.05) is 17.7 Å². The van der Waals surface area contributed by atoms with Crippen molar-refractivity contribution in [1.82, 2.24) is 0 Å². The summed E-state index contributed by atoms with van der Waals surface area (Å²) in [5, 5.41) is 4.76. The molecule has 2 rings (SSSR count). The van der Waals surface area contributed by atoms with Gasteiger partial charge in [-0.25, -0.2) is 8.42 Å². The minimum Gasteiger partial charge on any atom is -0.332 e. The molecule has 0 aromatic heterocycles. The molecule has 2 aromatic carbocycles. The Bertz CT molecular complexity index is 921. The van der Waals surface area contributed by atoms with Crippen LogP contribution in [-0.4, -0.2) is 27.1 Å². The van der Waals surface area contributed by atoms with Crippen LogP contribution >= 0.6 is 0 Å². The Labute approximate surface area is 174 Å². The number of sulfone groups is 1. The Morgan fingerprint density at radius 1 is 1.00 bits per heavy atom. The molecule has 3 N–H and O–H groups in total. The number of nitrogens with two attached hydrogens (primary N) is 1. The lowest BCUT2D eigenvalue weighted by Crippen LogP contribution is -2.88. The summed E-state index contributed by atoms with van der Waals surface area (Å²) in [4.78, 5) is 12.6. The van der Waals surface area contributed by atoms with Crippen LogP contribution in [0.1, 0.15) is 57.2 Å². The van der Waals surface area contributed by atoms with Gasteiger partial charge in [0.1, 0.15) is 6.04 Å². The summed E-state index contributed by atoms with van der Waals surface area (Å²) in [6.45, 7) is 8.90. The highest BCUT2D eigenvalue weighted by molar-refractivity contribution is 7.90. The van der Waals surface area contributed by atoms with Crippen LogP contribution in [0, 0.1) is 5.92 Å². The third kappa shape index (κ3) is 6.41. The van der Waals surface area contributed by atoms with E-state index in [0.29, 0.717) is 17.5 Å². The number of para-hydroxylation sites is 1. The van der Waals surface area contributed by atoms with Crippen molar-refractivity contribution in [2.45, 2.75) is 51.0 Å². The van der Waals surface area contributed by atoms with Crippen LogP contribution < -0.4 is 10.6 Å². The van der Waals surface area contributed by atoms with Crippen molar-refractivity contribution < 1.29 is 18.5 Å². The average Bonchev–Trinajstić information content (AvgIpc) is 2.67. The first-order valence-electron chi connectivity index (χ1n) is 10.2. The van der Waals surface area contributed by atoms with Gasteiger partial charge in [0.05, 0.1) is 10.6 Å². The van der Waals surface area contributed by atoms with Gasteiger partial charge in [0.2, 0.25) is 0 Å². The summed E-state index contributed by atoms with van der Waals surface area (Å²) in [5.74, 6) is 0.662. The summed E-state index contributed by atoms with van der Waals surface area (Å²) in [6, 6.07) is 15.3. The van der Waals surface area contributed by atoms with Gasteiger partial charge in [-0.1, -0.05) is 64.1 Å². The number of amides is 1. The van der Waals surface area contributed by atoms with Crippen molar-refractivity contribution >= 4 is 21.4 Å². The maximum atomic E-state index is 12.5. The molecule has 0 bridgehead atoms. The molecule has 0 aliphatic heterocycles. The number of hydrogen-bond acceptors (Lipinski definition) is 3. The smallest absolute Gasteiger partial charge is 0.279 e. The SMILES string of the molecule is CC[C@@H](C)c1ccc([C@H]([NH2+]CC(=O)Nc2ccccc2S(C)(=O)=O)C(C)C)cc1. The highest BCUT2D eigenvalue weighted by Crippen LogP contribution is 2.23. The van der Waals surface area contributed by atoms with Gasteiger partial charge in [-0.3, -0.25) is 4.79 Å². The molecule has 6 heteroatoms. The second kappa shape index (κ2) is 10.0. The molecule has 1 amide bonds. The molecule has 5 nitrogen and oxygen atoms in total. The van der Waals surface area contributed by atoms with E-state index in [9.17, 15) is 13.2 Å². The van der Waals surface area contributed by atoms with Gasteiger partial charge in [0.25, 0.3) is 5.91 Å². The molecule has 0 spiro atoms. The van der Waals surface area contributed by atoms with Gasteiger partial charge in [-0.2, -0.15) is 0 Å². The molecule has 0 aliphatic rings. The van der Waals surface area contributed by atoms with Crippen LogP contribution in [0.5, 0.6) is 0 Å². The summed E-state index contributed by atoms with van der Waals surface area (Å²) in [5.41, 5.74) is 2.85. The van der Waals surface area contributed by atoms with Crippen LogP contribution in [0.3, 0.4) is 0 Å². The first-order valence-corrected chi connectivity index (χ1v) is 12.0. The number of carbonyl (C=O) groups excluding carboxylic acids is 1. The molecular formula is C23H33N2O3S+. The monoisotopic (exact) mass is 417 g/mol. The Morgan fingerprint density at radius 2 is 1.59 bits per heavy atom. The fourth-order valence-electron chi connectivity index (χ4n) is 3.40. The van der Waals surface area contributed by atoms with E-state index in [2.05, 4.69) is 57.3 Å². The van der Waals surface area contributed by atoms with Gasteiger partial charge in [-0.05, 0) is 30.0 Å². The third-order valence-electron chi connectivity index (χ3n) is 5.34. The lowest BCUT2D eigenvalue weighted by Gasteiger charge is -2.20. The number of anilines is 1. The van der Waals surface area contributed by atoms with Crippen LogP contribution in [0.15, 0.2) is 53.4 Å². The fourth-order valence-corrected chi connectivity index (χ4v) is 4.25. The minimum absolute atomic E-state index is 0.134. The van der Waals surface area contributed by atoms with Crippen molar-refractivity contribution in [3.05, 3.63) is 59.7 Å². The lowest BCUT2D eigenvalue weighted by molar-refractivity contribution is -0.692. The normalized spacial score (nSPS) is 13.9. The molecule has 29 heavy (non-hydrogen) atoms. The molecule has 0 fully saturated rings. The summed E-state index contributed by atoms with van der Waals surface area (Å²) >= 11 is 0. The van der Waals surface area contributed by atoms with E-state index in [1.54, 1.807) is 18.2 Å². The van der Waals surface area contributed by atoms with E-state index in [1.165, 1.54) is 17.2 Å². The predicted molar refractivity (Wildman–Crippen MR) is 118 cm³/mol. The zero-order valence-electron chi connectivity index (χ0n) is 18.0. The first kappa shape index (κ1) is 23.1. The first-order chi connectivity index (χ1) is 13.6. The molecule has 158 valence electrons. The van der Waals surface area contributed by atoms with E-state index in [1.807, 2.05) is 5.32 Å². The van der Waals surface area contributed by atoms with E-state index < -0.39 is 9.84 Å². The van der Waals surface area contributed by atoms with Crippen molar-refractivity contribution in [2.24, 2.45) is 5.92 Å². The number of rotatable bonds is 9. The molecule has 0 radical (unpaired) electrons. The Balaban J connectivity index is 2.07.